The second-order valence-electron chi connectivity index (χ2n) is 7.74. The molecule has 2 aromatic heterocycles. The van der Waals surface area contributed by atoms with E-state index in [9.17, 15) is 9.59 Å². The number of anilines is 1. The van der Waals surface area contributed by atoms with Crippen molar-refractivity contribution in [1.82, 2.24) is 19.8 Å². The molecule has 4 rings (SSSR count). The van der Waals surface area contributed by atoms with E-state index in [0.717, 1.165) is 27.6 Å². The minimum atomic E-state index is -0.0913. The van der Waals surface area contributed by atoms with Crippen molar-refractivity contribution in [2.75, 3.05) is 26.0 Å². The van der Waals surface area contributed by atoms with Gasteiger partial charge in [0.15, 0.2) is 0 Å². The van der Waals surface area contributed by atoms with Crippen LogP contribution in [-0.4, -0.2) is 52.2 Å². The number of fused-ring (bicyclic) bond motifs is 2. The van der Waals surface area contributed by atoms with Crippen molar-refractivity contribution in [2.24, 2.45) is 0 Å². The number of hydrogen-bond donors (Lipinski definition) is 2. The van der Waals surface area contributed by atoms with Gasteiger partial charge in [0.2, 0.25) is 11.8 Å². The maximum absolute atomic E-state index is 12.8. The van der Waals surface area contributed by atoms with Crippen LogP contribution in [0.2, 0.25) is 0 Å². The van der Waals surface area contributed by atoms with Crippen molar-refractivity contribution in [2.45, 2.75) is 19.5 Å². The number of carbonyl (C=O) groups excluding carboxylic acids is 2. The van der Waals surface area contributed by atoms with Crippen LogP contribution >= 0.6 is 0 Å². The number of rotatable bonds is 4. The minimum Gasteiger partial charge on any atom is -0.361 e. The number of likely N-dealkylation sites (N-methyl/N-ethyl adjacent to an activating group) is 2. The number of para-hydroxylation sites is 1. The fourth-order valence-corrected chi connectivity index (χ4v) is 3.76. The maximum Gasteiger partial charge on any atom is 0.246 e. The first-order valence-corrected chi connectivity index (χ1v) is 9.90. The molecule has 1 aliphatic heterocycles. The Morgan fingerprint density at radius 2 is 2.13 bits per heavy atom. The van der Waals surface area contributed by atoms with Gasteiger partial charge in [-0.2, -0.15) is 0 Å². The second-order valence-corrected chi connectivity index (χ2v) is 7.74. The Kier molecular flexibility index (Phi) is 5.37. The van der Waals surface area contributed by atoms with E-state index in [2.05, 4.69) is 21.4 Å². The highest BCUT2D eigenvalue weighted by Gasteiger charge is 2.19. The predicted molar refractivity (Wildman–Crippen MR) is 118 cm³/mol. The summed E-state index contributed by atoms with van der Waals surface area (Å²) in [5, 5.41) is 3.94. The summed E-state index contributed by atoms with van der Waals surface area (Å²) in [5.74, 6) is 0.416. The predicted octanol–water partition coefficient (Wildman–Crippen LogP) is 3.18. The van der Waals surface area contributed by atoms with Gasteiger partial charge < -0.3 is 15.2 Å². The molecule has 1 atom stereocenters. The summed E-state index contributed by atoms with van der Waals surface area (Å²) >= 11 is 0. The van der Waals surface area contributed by atoms with Crippen molar-refractivity contribution < 1.29 is 9.59 Å². The highest BCUT2D eigenvalue weighted by atomic mass is 16.2. The molecule has 0 aliphatic carbocycles. The second kappa shape index (κ2) is 8.12. The number of benzene rings is 1. The monoisotopic (exact) mass is 403 g/mol. The molecule has 3 aromatic rings. The number of nitrogens with zero attached hydrogens (tertiary/aromatic N) is 3. The van der Waals surface area contributed by atoms with Crippen molar-refractivity contribution in [1.29, 1.82) is 0 Å². The molecule has 154 valence electrons. The third-order valence-corrected chi connectivity index (χ3v) is 5.52. The quantitative estimate of drug-likeness (QED) is 0.656. The SMILES string of the molecule is CC(c1cccc2cc[nH]c12)N(C)C(=O)/C=C/c1cnc2c(c1)CN(C)CC(=O)N2. The minimum absolute atomic E-state index is 0.0741. The van der Waals surface area contributed by atoms with Gasteiger partial charge in [-0.15, -0.1) is 0 Å². The molecular formula is C23H25N5O2. The molecule has 3 heterocycles. The Bertz CT molecular complexity index is 1130. The summed E-state index contributed by atoms with van der Waals surface area (Å²) in [6.07, 6.45) is 6.90. The lowest BCUT2D eigenvalue weighted by Crippen LogP contribution is -2.28. The first kappa shape index (κ1) is 19.8. The Hall–Kier alpha value is -3.45. The largest absolute Gasteiger partial charge is 0.361 e. The van der Waals surface area contributed by atoms with Crippen LogP contribution in [0.3, 0.4) is 0 Å². The van der Waals surface area contributed by atoms with Gasteiger partial charge >= 0.3 is 0 Å². The molecule has 2 amide bonds. The van der Waals surface area contributed by atoms with E-state index >= 15 is 0 Å². The standard InChI is InChI=1S/C23H25N5O2/c1-15(19-6-4-5-17-9-10-24-22(17)19)28(3)21(30)8-7-16-11-18-13-27(2)14-20(29)26-23(18)25-12-16/h4-12,15,24H,13-14H2,1-3H3,(H,25,26,29)/b8-7+. The zero-order valence-electron chi connectivity index (χ0n) is 17.3. The van der Waals surface area contributed by atoms with E-state index < -0.39 is 0 Å². The van der Waals surface area contributed by atoms with Crippen LogP contribution in [0.5, 0.6) is 0 Å². The molecule has 0 saturated carbocycles. The number of pyridine rings is 1. The normalized spacial score (nSPS) is 15.6. The lowest BCUT2D eigenvalue weighted by molar-refractivity contribution is -0.126. The molecule has 2 N–H and O–H groups in total. The van der Waals surface area contributed by atoms with Crippen LogP contribution < -0.4 is 5.32 Å². The van der Waals surface area contributed by atoms with Crippen molar-refractivity contribution >= 4 is 34.6 Å². The van der Waals surface area contributed by atoms with Gasteiger partial charge in [0.1, 0.15) is 5.82 Å². The topological polar surface area (TPSA) is 81.3 Å². The Morgan fingerprint density at radius 3 is 2.97 bits per heavy atom. The first-order valence-electron chi connectivity index (χ1n) is 9.90. The number of amides is 2. The Morgan fingerprint density at radius 1 is 1.30 bits per heavy atom. The van der Waals surface area contributed by atoms with Crippen molar-refractivity contribution in [3.8, 4) is 0 Å². The molecule has 0 saturated heterocycles. The molecule has 1 unspecified atom stereocenters. The molecule has 7 heteroatoms. The van der Waals surface area contributed by atoms with Gasteiger partial charge in [-0.1, -0.05) is 18.2 Å². The van der Waals surface area contributed by atoms with Crippen molar-refractivity contribution in [3.63, 3.8) is 0 Å². The van der Waals surface area contributed by atoms with E-state index in [1.807, 2.05) is 49.3 Å². The summed E-state index contributed by atoms with van der Waals surface area (Å²) in [6.45, 7) is 2.97. The van der Waals surface area contributed by atoms with Crippen LogP contribution in [0.25, 0.3) is 17.0 Å². The van der Waals surface area contributed by atoms with E-state index in [0.29, 0.717) is 18.9 Å². The molecule has 0 spiro atoms. The van der Waals surface area contributed by atoms with Crippen LogP contribution in [0.15, 0.2) is 48.8 Å². The van der Waals surface area contributed by atoms with Gasteiger partial charge in [-0.25, -0.2) is 4.98 Å². The lowest BCUT2D eigenvalue weighted by Gasteiger charge is -2.24. The summed E-state index contributed by atoms with van der Waals surface area (Å²) in [4.78, 5) is 35.9. The molecule has 0 radical (unpaired) electrons. The zero-order chi connectivity index (χ0) is 21.3. The van der Waals surface area contributed by atoms with Gasteiger partial charge in [0.25, 0.3) is 0 Å². The summed E-state index contributed by atoms with van der Waals surface area (Å²) in [6, 6.07) is 9.99. The van der Waals surface area contributed by atoms with Gasteiger partial charge in [0, 0.05) is 37.6 Å². The number of aromatic amines is 1. The third-order valence-electron chi connectivity index (χ3n) is 5.52. The van der Waals surface area contributed by atoms with E-state index in [-0.39, 0.29) is 17.9 Å². The molecule has 0 bridgehead atoms. The number of hydrogen-bond acceptors (Lipinski definition) is 4. The lowest BCUT2D eigenvalue weighted by atomic mass is 10.0. The third kappa shape index (κ3) is 3.97. The van der Waals surface area contributed by atoms with Crippen LogP contribution in [0, 0.1) is 0 Å². The fourth-order valence-electron chi connectivity index (χ4n) is 3.76. The smallest absolute Gasteiger partial charge is 0.246 e. The maximum atomic E-state index is 12.8. The molecule has 1 aromatic carbocycles. The highest BCUT2D eigenvalue weighted by molar-refractivity contribution is 5.94. The van der Waals surface area contributed by atoms with Gasteiger partial charge in [0.05, 0.1) is 18.1 Å². The molecular weight excluding hydrogens is 378 g/mol. The van der Waals surface area contributed by atoms with Crippen LogP contribution in [0.1, 0.15) is 29.7 Å². The van der Waals surface area contributed by atoms with E-state index in [1.165, 1.54) is 0 Å². The van der Waals surface area contributed by atoms with Crippen LogP contribution in [-0.2, 0) is 16.1 Å². The van der Waals surface area contributed by atoms with E-state index in [1.54, 1.807) is 30.3 Å². The van der Waals surface area contributed by atoms with Gasteiger partial charge in [-0.3, -0.25) is 14.5 Å². The average molecular weight is 403 g/mol. The number of H-pyrrole nitrogens is 1. The Labute approximate surface area is 175 Å². The van der Waals surface area contributed by atoms with Gasteiger partial charge in [-0.05, 0) is 48.7 Å². The molecule has 7 nitrogen and oxygen atoms in total. The highest BCUT2D eigenvalue weighted by Crippen LogP contribution is 2.27. The number of nitrogens with one attached hydrogen (secondary N) is 2. The Balaban J connectivity index is 1.51. The molecule has 30 heavy (non-hydrogen) atoms. The summed E-state index contributed by atoms with van der Waals surface area (Å²) in [5.41, 5.74) is 3.87. The molecule has 1 aliphatic rings. The zero-order valence-corrected chi connectivity index (χ0v) is 17.3. The number of carbonyl (C=O) groups is 2. The fraction of sp³-hybridized carbons (Fsp3) is 0.261. The van der Waals surface area contributed by atoms with E-state index in [4.69, 9.17) is 0 Å². The summed E-state index contributed by atoms with van der Waals surface area (Å²) in [7, 11) is 3.70. The van der Waals surface area contributed by atoms with Crippen molar-refractivity contribution in [3.05, 3.63) is 65.5 Å². The molecule has 0 fully saturated rings. The van der Waals surface area contributed by atoms with Crippen LogP contribution in [0.4, 0.5) is 5.82 Å². The number of aromatic nitrogens is 2. The summed E-state index contributed by atoms with van der Waals surface area (Å²) < 4.78 is 0. The first-order chi connectivity index (χ1) is 14.4. The average Bonchev–Trinajstić information content (AvgIpc) is 3.15.